The molecule has 0 aliphatic carbocycles. The van der Waals surface area contributed by atoms with Gasteiger partial charge in [0.15, 0.2) is 0 Å². The zero-order valence-electron chi connectivity index (χ0n) is 10.5. The van der Waals surface area contributed by atoms with Crippen LogP contribution in [0, 0.1) is 5.92 Å². The fourth-order valence-corrected chi connectivity index (χ4v) is 1.12. The summed E-state index contributed by atoms with van der Waals surface area (Å²) >= 11 is 0. The predicted octanol–water partition coefficient (Wildman–Crippen LogP) is 0.901. The van der Waals surface area contributed by atoms with E-state index in [1.165, 1.54) is 0 Å². The summed E-state index contributed by atoms with van der Waals surface area (Å²) in [6, 6.07) is -0.419. The Bertz CT molecular complexity index is 203. The Morgan fingerprint density at radius 2 is 2.00 bits per heavy atom. The molecule has 0 aliphatic heterocycles. The first kappa shape index (κ1) is 14.4. The van der Waals surface area contributed by atoms with Crippen LogP contribution in [0.25, 0.3) is 0 Å². The number of rotatable bonds is 6. The molecule has 0 aromatic carbocycles. The molecule has 1 atom stereocenters. The van der Waals surface area contributed by atoms with E-state index in [0.29, 0.717) is 18.9 Å². The number of hydrogen-bond acceptors (Lipinski definition) is 3. The number of carbonyl (C=O) groups excluding carboxylic acids is 1. The minimum Gasteiger partial charge on any atom is -0.377 e. The van der Waals surface area contributed by atoms with Crippen molar-refractivity contribution in [1.82, 2.24) is 5.32 Å². The van der Waals surface area contributed by atoms with Gasteiger partial charge in [0.2, 0.25) is 5.91 Å². The number of methoxy groups -OCH3 is 1. The van der Waals surface area contributed by atoms with Crippen LogP contribution < -0.4 is 11.1 Å². The van der Waals surface area contributed by atoms with Gasteiger partial charge >= 0.3 is 0 Å². The average Bonchev–Trinajstić information content (AvgIpc) is 2.13. The number of amides is 1. The van der Waals surface area contributed by atoms with Gasteiger partial charge in [0.05, 0.1) is 11.6 Å². The van der Waals surface area contributed by atoms with Crippen LogP contribution >= 0.6 is 0 Å². The lowest BCUT2D eigenvalue weighted by atomic mass is 10.0. The molecular formula is C11H24N2O2. The zero-order chi connectivity index (χ0) is 12.1. The highest BCUT2D eigenvalue weighted by Crippen LogP contribution is 2.06. The Labute approximate surface area is 92.6 Å². The van der Waals surface area contributed by atoms with Gasteiger partial charge in [0.1, 0.15) is 0 Å². The first-order chi connectivity index (χ1) is 6.78. The molecule has 0 fully saturated rings. The Kier molecular flexibility index (Phi) is 5.83. The van der Waals surface area contributed by atoms with Crippen LogP contribution in [-0.2, 0) is 9.53 Å². The molecule has 0 rings (SSSR count). The standard InChI is InChI=1S/C11H24N2O2/c1-8(2)6-9(12)10(14)13-7-11(3,4)15-5/h8-9H,6-7,12H2,1-5H3,(H,13,14)/t9-/m0/s1. The lowest BCUT2D eigenvalue weighted by molar-refractivity contribution is -0.124. The molecule has 4 heteroatoms. The second-order valence-corrected chi connectivity index (χ2v) is 4.92. The molecule has 90 valence electrons. The number of hydrogen-bond donors (Lipinski definition) is 2. The summed E-state index contributed by atoms with van der Waals surface area (Å²) in [4.78, 5) is 11.5. The maximum atomic E-state index is 11.5. The van der Waals surface area contributed by atoms with Crippen LogP contribution in [-0.4, -0.2) is 31.2 Å². The van der Waals surface area contributed by atoms with Gasteiger partial charge in [-0.1, -0.05) is 13.8 Å². The molecule has 0 aromatic heterocycles. The van der Waals surface area contributed by atoms with Gasteiger partial charge in [-0.05, 0) is 26.2 Å². The van der Waals surface area contributed by atoms with Crippen LogP contribution in [0.5, 0.6) is 0 Å². The van der Waals surface area contributed by atoms with Crippen molar-refractivity contribution in [1.29, 1.82) is 0 Å². The average molecular weight is 216 g/mol. The fourth-order valence-electron chi connectivity index (χ4n) is 1.12. The van der Waals surface area contributed by atoms with Crippen molar-refractivity contribution in [2.24, 2.45) is 11.7 Å². The minimum atomic E-state index is -0.419. The van der Waals surface area contributed by atoms with E-state index in [2.05, 4.69) is 5.32 Å². The van der Waals surface area contributed by atoms with Crippen molar-refractivity contribution in [3.05, 3.63) is 0 Å². The van der Waals surface area contributed by atoms with Crippen molar-refractivity contribution in [2.45, 2.75) is 45.8 Å². The lowest BCUT2D eigenvalue weighted by Gasteiger charge is -2.24. The SMILES string of the molecule is COC(C)(C)CNC(=O)[C@@H](N)CC(C)C. The highest BCUT2D eigenvalue weighted by atomic mass is 16.5. The summed E-state index contributed by atoms with van der Waals surface area (Å²) in [5.74, 6) is 0.329. The molecular weight excluding hydrogens is 192 g/mol. The van der Waals surface area contributed by atoms with Crippen LogP contribution in [0.4, 0.5) is 0 Å². The molecule has 0 saturated heterocycles. The summed E-state index contributed by atoms with van der Waals surface area (Å²) in [5, 5.41) is 2.79. The van der Waals surface area contributed by atoms with E-state index in [9.17, 15) is 4.79 Å². The van der Waals surface area contributed by atoms with Crippen molar-refractivity contribution in [3.8, 4) is 0 Å². The maximum Gasteiger partial charge on any atom is 0.237 e. The third-order valence-corrected chi connectivity index (χ3v) is 2.30. The van der Waals surface area contributed by atoms with Crippen LogP contribution in [0.15, 0.2) is 0 Å². The normalized spacial score (nSPS) is 14.1. The maximum absolute atomic E-state index is 11.5. The molecule has 0 aliphatic rings. The molecule has 3 N–H and O–H groups in total. The summed E-state index contributed by atoms with van der Waals surface area (Å²) in [5.41, 5.74) is 5.40. The smallest absolute Gasteiger partial charge is 0.237 e. The highest BCUT2D eigenvalue weighted by molar-refractivity contribution is 5.81. The molecule has 0 bridgehead atoms. The monoisotopic (exact) mass is 216 g/mol. The minimum absolute atomic E-state index is 0.103. The summed E-state index contributed by atoms with van der Waals surface area (Å²) in [6.07, 6.45) is 0.708. The molecule has 1 amide bonds. The Hall–Kier alpha value is -0.610. The predicted molar refractivity (Wildman–Crippen MR) is 61.5 cm³/mol. The van der Waals surface area contributed by atoms with E-state index in [-0.39, 0.29) is 11.5 Å². The quantitative estimate of drug-likeness (QED) is 0.693. The summed E-state index contributed by atoms with van der Waals surface area (Å²) in [7, 11) is 1.63. The molecule has 0 aromatic rings. The first-order valence-corrected chi connectivity index (χ1v) is 5.37. The first-order valence-electron chi connectivity index (χ1n) is 5.37. The fraction of sp³-hybridized carbons (Fsp3) is 0.909. The van der Waals surface area contributed by atoms with Crippen molar-refractivity contribution >= 4 is 5.91 Å². The molecule has 0 unspecified atom stereocenters. The molecule has 0 radical (unpaired) electrons. The van der Waals surface area contributed by atoms with E-state index >= 15 is 0 Å². The van der Waals surface area contributed by atoms with Crippen LogP contribution in [0.1, 0.15) is 34.1 Å². The van der Waals surface area contributed by atoms with Gasteiger partial charge < -0.3 is 15.8 Å². The highest BCUT2D eigenvalue weighted by Gasteiger charge is 2.20. The van der Waals surface area contributed by atoms with E-state index < -0.39 is 6.04 Å². The lowest BCUT2D eigenvalue weighted by Crippen LogP contribution is -2.47. The Morgan fingerprint density at radius 1 is 1.47 bits per heavy atom. The van der Waals surface area contributed by atoms with Crippen molar-refractivity contribution in [2.75, 3.05) is 13.7 Å². The van der Waals surface area contributed by atoms with E-state index in [4.69, 9.17) is 10.5 Å². The van der Waals surface area contributed by atoms with Gasteiger partial charge in [0.25, 0.3) is 0 Å². The topological polar surface area (TPSA) is 64.3 Å². The Balaban J connectivity index is 3.93. The zero-order valence-corrected chi connectivity index (χ0v) is 10.5. The summed E-state index contributed by atoms with van der Waals surface area (Å²) < 4.78 is 5.19. The van der Waals surface area contributed by atoms with Crippen LogP contribution in [0.3, 0.4) is 0 Å². The third kappa shape index (κ3) is 6.47. The molecule has 0 saturated carbocycles. The van der Waals surface area contributed by atoms with Crippen LogP contribution in [0.2, 0.25) is 0 Å². The third-order valence-electron chi connectivity index (χ3n) is 2.30. The van der Waals surface area contributed by atoms with Gasteiger partial charge in [-0.25, -0.2) is 0 Å². The van der Waals surface area contributed by atoms with E-state index in [1.807, 2.05) is 27.7 Å². The van der Waals surface area contributed by atoms with E-state index in [0.717, 1.165) is 0 Å². The molecule has 0 spiro atoms. The van der Waals surface area contributed by atoms with Gasteiger partial charge in [0, 0.05) is 13.7 Å². The van der Waals surface area contributed by atoms with Gasteiger partial charge in [-0.15, -0.1) is 0 Å². The molecule has 4 nitrogen and oxygen atoms in total. The van der Waals surface area contributed by atoms with E-state index in [1.54, 1.807) is 7.11 Å². The number of nitrogens with one attached hydrogen (secondary N) is 1. The largest absolute Gasteiger partial charge is 0.377 e. The second-order valence-electron chi connectivity index (χ2n) is 4.92. The van der Waals surface area contributed by atoms with Gasteiger partial charge in [-0.3, -0.25) is 4.79 Å². The molecule has 0 heterocycles. The number of carbonyl (C=O) groups is 1. The summed E-state index contributed by atoms with van der Waals surface area (Å²) in [6.45, 7) is 8.41. The number of ether oxygens (including phenoxy) is 1. The van der Waals surface area contributed by atoms with Crippen molar-refractivity contribution < 1.29 is 9.53 Å². The molecule has 15 heavy (non-hydrogen) atoms. The van der Waals surface area contributed by atoms with Gasteiger partial charge in [-0.2, -0.15) is 0 Å². The Morgan fingerprint density at radius 3 is 2.40 bits per heavy atom. The second kappa shape index (κ2) is 6.08. The van der Waals surface area contributed by atoms with Crippen molar-refractivity contribution in [3.63, 3.8) is 0 Å². The number of nitrogens with two attached hydrogens (primary N) is 1.